The summed E-state index contributed by atoms with van der Waals surface area (Å²) >= 11 is 0. The molecule has 92 valence electrons. The van der Waals surface area contributed by atoms with Gasteiger partial charge in [0.2, 0.25) is 0 Å². The first-order valence-corrected chi connectivity index (χ1v) is 4.90. The number of nitrogens with zero attached hydrogens (tertiary/aromatic N) is 3. The standard InChI is InChI=1S/C3H6N3O9P/c1-14-16(13,15-2)3(4(7)8,5(9)10)6(11)12/h1-2H3. The van der Waals surface area contributed by atoms with Crippen molar-refractivity contribution >= 4 is 7.60 Å². The number of hydrogen-bond acceptors (Lipinski definition) is 9. The molecule has 0 fully saturated rings. The summed E-state index contributed by atoms with van der Waals surface area (Å²) in [6.07, 6.45) is 0. The lowest BCUT2D eigenvalue weighted by Gasteiger charge is -2.14. The van der Waals surface area contributed by atoms with E-state index >= 15 is 0 Å². The summed E-state index contributed by atoms with van der Waals surface area (Å²) in [6.45, 7) is 0. The smallest absolute Gasteiger partial charge is 0.295 e. The van der Waals surface area contributed by atoms with E-state index in [0.717, 1.165) is 0 Å². The van der Waals surface area contributed by atoms with Gasteiger partial charge in [-0.3, -0.25) is 39.4 Å². The van der Waals surface area contributed by atoms with Crippen LogP contribution in [0.5, 0.6) is 0 Å². The monoisotopic (exact) mass is 259 g/mol. The van der Waals surface area contributed by atoms with Gasteiger partial charge in [0.25, 0.3) is 0 Å². The Hall–Kier alpha value is -1.65. The summed E-state index contributed by atoms with van der Waals surface area (Å²) in [6, 6.07) is 0. The Balaban J connectivity index is 6.13. The molecule has 0 radical (unpaired) electrons. The minimum Gasteiger partial charge on any atom is -0.295 e. The van der Waals surface area contributed by atoms with Crippen molar-refractivity contribution in [3.05, 3.63) is 30.3 Å². The molecule has 0 rings (SSSR count). The van der Waals surface area contributed by atoms with Gasteiger partial charge in [-0.2, -0.15) is 0 Å². The molecule has 0 aliphatic carbocycles. The summed E-state index contributed by atoms with van der Waals surface area (Å²) in [4.78, 5) is 25.6. The Morgan fingerprint density at radius 1 is 0.938 bits per heavy atom. The molecule has 16 heavy (non-hydrogen) atoms. The number of rotatable bonds is 6. The van der Waals surface area contributed by atoms with Crippen LogP contribution in [0.3, 0.4) is 0 Å². The zero-order valence-corrected chi connectivity index (χ0v) is 8.86. The van der Waals surface area contributed by atoms with Crippen molar-refractivity contribution in [3.63, 3.8) is 0 Å². The van der Waals surface area contributed by atoms with E-state index < -0.39 is 27.9 Å². The fraction of sp³-hybridized carbons (Fsp3) is 1.00. The first-order valence-electron chi connectivity index (χ1n) is 3.35. The molecule has 0 amide bonds. The van der Waals surface area contributed by atoms with Crippen LogP contribution in [-0.4, -0.2) is 34.5 Å². The first kappa shape index (κ1) is 14.3. The molecule has 0 unspecified atom stereocenters. The molecule has 0 spiro atoms. The van der Waals surface area contributed by atoms with E-state index in [4.69, 9.17) is 0 Å². The van der Waals surface area contributed by atoms with Crippen LogP contribution in [0.2, 0.25) is 0 Å². The lowest BCUT2D eigenvalue weighted by Crippen LogP contribution is -2.53. The van der Waals surface area contributed by atoms with E-state index in [9.17, 15) is 34.9 Å². The van der Waals surface area contributed by atoms with Crippen molar-refractivity contribution in [3.8, 4) is 0 Å². The molecule has 0 N–H and O–H groups in total. The van der Waals surface area contributed by atoms with Crippen LogP contribution in [0.4, 0.5) is 0 Å². The topological polar surface area (TPSA) is 165 Å². The summed E-state index contributed by atoms with van der Waals surface area (Å²) < 4.78 is 19.4. The SMILES string of the molecule is COP(=O)(OC)C([N+](=O)[O-])([N+](=O)[O-])[N+](=O)[O-]. The molecule has 0 aliphatic heterocycles. The van der Waals surface area contributed by atoms with Crippen LogP contribution in [0.25, 0.3) is 0 Å². The second kappa shape index (κ2) is 4.47. The fourth-order valence-corrected chi connectivity index (χ4v) is 2.06. The number of hydrogen-bond donors (Lipinski definition) is 0. The van der Waals surface area contributed by atoms with Crippen LogP contribution in [0.1, 0.15) is 0 Å². The van der Waals surface area contributed by atoms with Gasteiger partial charge in [0.15, 0.2) is 14.8 Å². The van der Waals surface area contributed by atoms with Crippen molar-refractivity contribution < 1.29 is 28.4 Å². The Morgan fingerprint density at radius 3 is 1.25 bits per heavy atom. The zero-order valence-electron chi connectivity index (χ0n) is 7.96. The third kappa shape index (κ3) is 1.62. The molecular weight excluding hydrogens is 253 g/mol. The molecule has 0 bridgehead atoms. The van der Waals surface area contributed by atoms with Crippen molar-refractivity contribution in [1.29, 1.82) is 0 Å². The highest BCUT2D eigenvalue weighted by molar-refractivity contribution is 7.54. The first-order chi connectivity index (χ1) is 7.20. The van der Waals surface area contributed by atoms with E-state index in [1.807, 2.05) is 0 Å². The molecule has 0 aliphatic rings. The molecule has 0 aromatic rings. The maximum atomic E-state index is 11.5. The van der Waals surface area contributed by atoms with Crippen molar-refractivity contribution in [1.82, 2.24) is 0 Å². The van der Waals surface area contributed by atoms with E-state index in [2.05, 4.69) is 9.05 Å². The lowest BCUT2D eigenvalue weighted by molar-refractivity contribution is -0.940. The van der Waals surface area contributed by atoms with Crippen molar-refractivity contribution in [2.75, 3.05) is 14.2 Å². The average Bonchev–Trinajstić information content (AvgIpc) is 2.16. The zero-order chi connectivity index (χ0) is 13.1. The third-order valence-corrected chi connectivity index (χ3v) is 3.77. The maximum absolute atomic E-state index is 11.5. The third-order valence-electron chi connectivity index (χ3n) is 1.58. The quantitative estimate of drug-likeness (QED) is 0.274. The van der Waals surface area contributed by atoms with Gasteiger partial charge >= 0.3 is 13.1 Å². The van der Waals surface area contributed by atoms with Gasteiger partial charge in [-0.05, 0) is 0 Å². The highest BCUT2D eigenvalue weighted by Gasteiger charge is 2.87. The van der Waals surface area contributed by atoms with E-state index in [1.54, 1.807) is 0 Å². The second-order valence-electron chi connectivity index (χ2n) is 2.23. The van der Waals surface area contributed by atoms with E-state index in [0.29, 0.717) is 14.2 Å². The van der Waals surface area contributed by atoms with Crippen LogP contribution in [0, 0.1) is 30.3 Å². The largest absolute Gasteiger partial charge is 0.792 e. The van der Waals surface area contributed by atoms with Crippen LogP contribution in [0.15, 0.2) is 0 Å². The molecule has 0 aromatic carbocycles. The van der Waals surface area contributed by atoms with Gasteiger partial charge in [0.1, 0.15) is 0 Å². The van der Waals surface area contributed by atoms with Crippen LogP contribution >= 0.6 is 7.60 Å². The molecule has 13 heteroatoms. The van der Waals surface area contributed by atoms with Gasteiger partial charge < -0.3 is 0 Å². The van der Waals surface area contributed by atoms with E-state index in [-0.39, 0.29) is 0 Å². The molecule has 0 saturated carbocycles. The molecule has 0 heterocycles. The minimum atomic E-state index is -5.19. The molecule has 0 atom stereocenters. The van der Waals surface area contributed by atoms with Crippen LogP contribution < -0.4 is 0 Å². The average molecular weight is 259 g/mol. The summed E-state index contributed by atoms with van der Waals surface area (Å²) in [5.74, 6) is 0. The highest BCUT2D eigenvalue weighted by atomic mass is 31.2. The maximum Gasteiger partial charge on any atom is 0.792 e. The molecule has 12 nitrogen and oxygen atoms in total. The Bertz CT molecular complexity index is 334. The van der Waals surface area contributed by atoms with Gasteiger partial charge in [-0.25, -0.2) is 4.57 Å². The minimum absolute atomic E-state index is 0.565. The molecule has 0 aromatic heterocycles. The number of nitro groups is 3. The Labute approximate surface area is 87.1 Å². The normalized spacial score (nSPS) is 12.1. The predicted molar refractivity (Wildman–Crippen MR) is 45.3 cm³/mol. The fourth-order valence-electron chi connectivity index (χ4n) is 0.819. The van der Waals surface area contributed by atoms with Crippen molar-refractivity contribution in [2.45, 2.75) is 5.53 Å². The Morgan fingerprint density at radius 2 is 1.19 bits per heavy atom. The van der Waals surface area contributed by atoms with Gasteiger partial charge in [-0.15, -0.1) is 0 Å². The van der Waals surface area contributed by atoms with Crippen molar-refractivity contribution in [2.24, 2.45) is 0 Å². The van der Waals surface area contributed by atoms with Gasteiger partial charge in [-0.1, -0.05) is 0 Å². The second-order valence-corrected chi connectivity index (χ2v) is 4.56. The molecular formula is C3H6N3O9P. The van der Waals surface area contributed by atoms with Crippen LogP contribution in [-0.2, 0) is 13.6 Å². The van der Waals surface area contributed by atoms with Gasteiger partial charge in [0, 0.05) is 14.2 Å². The highest BCUT2D eigenvalue weighted by Crippen LogP contribution is 2.59. The predicted octanol–water partition coefficient (Wildman–Crippen LogP) is -0.0863. The lowest BCUT2D eigenvalue weighted by atomic mass is 10.9. The van der Waals surface area contributed by atoms with Gasteiger partial charge in [0.05, 0.1) is 0 Å². The summed E-state index contributed by atoms with van der Waals surface area (Å²) in [5.41, 5.74) is -4.27. The molecule has 0 saturated heterocycles. The Kier molecular flexibility index (Phi) is 4.01. The van der Waals surface area contributed by atoms with E-state index in [1.165, 1.54) is 0 Å². The summed E-state index contributed by atoms with van der Waals surface area (Å²) in [7, 11) is -4.06. The summed E-state index contributed by atoms with van der Waals surface area (Å²) in [5, 5.41) is 31.4.